The lowest BCUT2D eigenvalue weighted by Crippen LogP contribution is -2.47. The molecule has 3 aromatic carbocycles. The molecule has 172 valence electrons. The van der Waals surface area contributed by atoms with Gasteiger partial charge in [-0.05, 0) is 53.8 Å². The zero-order valence-corrected chi connectivity index (χ0v) is 19.4. The van der Waals surface area contributed by atoms with E-state index >= 15 is 0 Å². The van der Waals surface area contributed by atoms with Gasteiger partial charge in [-0.15, -0.1) is 0 Å². The largest absolute Gasteiger partial charge is 0.493 e. The number of methoxy groups -OCH3 is 1. The molecule has 33 heavy (non-hydrogen) atoms. The SMILES string of the molecule is COc1cc(CNC(=O)C2(c3cccc(Cl)c3)CCOCC2)ccc1OCc1ccccc1. The van der Waals surface area contributed by atoms with E-state index in [0.29, 0.717) is 55.7 Å². The molecule has 1 amide bonds. The van der Waals surface area contributed by atoms with E-state index in [2.05, 4.69) is 5.32 Å². The monoisotopic (exact) mass is 465 g/mol. The molecule has 1 heterocycles. The number of nitrogens with one attached hydrogen (secondary N) is 1. The molecule has 0 saturated carbocycles. The normalized spacial score (nSPS) is 15.0. The van der Waals surface area contributed by atoms with Crippen LogP contribution in [-0.4, -0.2) is 26.2 Å². The summed E-state index contributed by atoms with van der Waals surface area (Å²) in [7, 11) is 1.61. The number of benzene rings is 3. The first-order valence-corrected chi connectivity index (χ1v) is 11.4. The van der Waals surface area contributed by atoms with E-state index in [1.807, 2.05) is 72.8 Å². The van der Waals surface area contributed by atoms with Crippen molar-refractivity contribution in [3.63, 3.8) is 0 Å². The molecule has 4 rings (SSSR count). The second-order valence-corrected chi connectivity index (χ2v) is 8.58. The van der Waals surface area contributed by atoms with E-state index in [9.17, 15) is 4.79 Å². The van der Waals surface area contributed by atoms with Crippen molar-refractivity contribution in [2.75, 3.05) is 20.3 Å². The lowest BCUT2D eigenvalue weighted by molar-refractivity contribution is -0.130. The van der Waals surface area contributed by atoms with Crippen LogP contribution in [0.3, 0.4) is 0 Å². The molecule has 5 nitrogen and oxygen atoms in total. The van der Waals surface area contributed by atoms with Crippen molar-refractivity contribution in [2.45, 2.75) is 31.4 Å². The predicted molar refractivity (Wildman–Crippen MR) is 129 cm³/mol. The lowest BCUT2D eigenvalue weighted by atomic mass is 9.73. The number of ether oxygens (including phenoxy) is 3. The Kier molecular flexibility index (Phi) is 7.53. The summed E-state index contributed by atoms with van der Waals surface area (Å²) in [5.41, 5.74) is 2.30. The predicted octanol–water partition coefficient (Wildman–Crippen LogP) is 5.29. The number of rotatable bonds is 8. The number of amides is 1. The third kappa shape index (κ3) is 5.49. The molecular formula is C27H28ClNO4. The maximum absolute atomic E-state index is 13.4. The van der Waals surface area contributed by atoms with Crippen LogP contribution in [-0.2, 0) is 28.1 Å². The van der Waals surface area contributed by atoms with Crippen molar-refractivity contribution < 1.29 is 19.0 Å². The van der Waals surface area contributed by atoms with E-state index < -0.39 is 5.41 Å². The zero-order chi connectivity index (χ0) is 23.1. The molecule has 1 N–H and O–H groups in total. The van der Waals surface area contributed by atoms with Gasteiger partial charge in [0, 0.05) is 24.8 Å². The van der Waals surface area contributed by atoms with Gasteiger partial charge in [0.1, 0.15) is 6.61 Å². The maximum atomic E-state index is 13.4. The smallest absolute Gasteiger partial charge is 0.231 e. The van der Waals surface area contributed by atoms with Crippen LogP contribution < -0.4 is 14.8 Å². The average Bonchev–Trinajstić information content (AvgIpc) is 2.87. The molecule has 1 saturated heterocycles. The van der Waals surface area contributed by atoms with Crippen LogP contribution >= 0.6 is 11.6 Å². The summed E-state index contributed by atoms with van der Waals surface area (Å²) in [5, 5.41) is 3.75. The van der Waals surface area contributed by atoms with Crippen LogP contribution in [0, 0.1) is 0 Å². The maximum Gasteiger partial charge on any atom is 0.231 e. The second-order valence-electron chi connectivity index (χ2n) is 8.15. The molecule has 0 aromatic heterocycles. The summed E-state index contributed by atoms with van der Waals surface area (Å²) < 4.78 is 17.0. The van der Waals surface area contributed by atoms with Crippen molar-refractivity contribution in [2.24, 2.45) is 0 Å². The first kappa shape index (κ1) is 23.1. The third-order valence-corrected chi connectivity index (χ3v) is 6.31. The fourth-order valence-electron chi connectivity index (χ4n) is 4.18. The van der Waals surface area contributed by atoms with Crippen molar-refractivity contribution in [3.8, 4) is 11.5 Å². The number of carbonyl (C=O) groups excluding carboxylic acids is 1. The van der Waals surface area contributed by atoms with Gasteiger partial charge in [-0.2, -0.15) is 0 Å². The van der Waals surface area contributed by atoms with Crippen LogP contribution in [0.15, 0.2) is 72.8 Å². The van der Waals surface area contributed by atoms with Gasteiger partial charge in [-0.3, -0.25) is 4.79 Å². The Balaban J connectivity index is 1.45. The summed E-state index contributed by atoms with van der Waals surface area (Å²) in [5.74, 6) is 1.28. The summed E-state index contributed by atoms with van der Waals surface area (Å²) >= 11 is 6.23. The zero-order valence-electron chi connectivity index (χ0n) is 18.7. The minimum Gasteiger partial charge on any atom is -0.493 e. The first-order valence-electron chi connectivity index (χ1n) is 11.1. The minimum atomic E-state index is -0.647. The summed E-state index contributed by atoms with van der Waals surface area (Å²) in [6.45, 7) is 1.93. The van der Waals surface area contributed by atoms with E-state index in [4.69, 9.17) is 25.8 Å². The van der Waals surface area contributed by atoms with Crippen LogP contribution in [0.4, 0.5) is 0 Å². The van der Waals surface area contributed by atoms with E-state index in [0.717, 1.165) is 16.7 Å². The van der Waals surface area contributed by atoms with Crippen molar-refractivity contribution in [1.82, 2.24) is 5.32 Å². The summed E-state index contributed by atoms with van der Waals surface area (Å²) in [6.07, 6.45) is 1.24. The quantitative estimate of drug-likeness (QED) is 0.491. The van der Waals surface area contributed by atoms with Crippen LogP contribution in [0.25, 0.3) is 0 Å². The van der Waals surface area contributed by atoms with Gasteiger partial charge in [0.15, 0.2) is 11.5 Å². The first-order chi connectivity index (χ1) is 16.1. The van der Waals surface area contributed by atoms with E-state index in [-0.39, 0.29) is 5.91 Å². The fraction of sp³-hybridized carbons (Fsp3) is 0.296. The third-order valence-electron chi connectivity index (χ3n) is 6.08. The molecule has 1 aliphatic rings. The highest BCUT2D eigenvalue weighted by Crippen LogP contribution is 2.36. The van der Waals surface area contributed by atoms with E-state index in [1.165, 1.54) is 0 Å². The molecule has 0 radical (unpaired) electrons. The highest BCUT2D eigenvalue weighted by atomic mass is 35.5. The van der Waals surface area contributed by atoms with Gasteiger partial charge in [0.2, 0.25) is 5.91 Å². The Morgan fingerprint density at radius 2 is 1.76 bits per heavy atom. The van der Waals surface area contributed by atoms with E-state index in [1.54, 1.807) is 7.11 Å². The minimum absolute atomic E-state index is 0.0172. The van der Waals surface area contributed by atoms with Gasteiger partial charge in [-0.25, -0.2) is 0 Å². The lowest BCUT2D eigenvalue weighted by Gasteiger charge is -2.36. The molecule has 0 bridgehead atoms. The highest BCUT2D eigenvalue weighted by molar-refractivity contribution is 6.30. The summed E-state index contributed by atoms with van der Waals surface area (Å²) in [6, 6.07) is 23.3. The van der Waals surface area contributed by atoms with Gasteiger partial charge in [0.25, 0.3) is 0 Å². The molecule has 0 atom stereocenters. The molecule has 0 unspecified atom stereocenters. The molecule has 0 aliphatic carbocycles. The van der Waals surface area contributed by atoms with Crippen molar-refractivity contribution >= 4 is 17.5 Å². The molecule has 1 aliphatic heterocycles. The molecule has 3 aromatic rings. The molecular weight excluding hydrogens is 438 g/mol. The number of hydrogen-bond donors (Lipinski definition) is 1. The highest BCUT2D eigenvalue weighted by Gasteiger charge is 2.41. The van der Waals surface area contributed by atoms with Gasteiger partial charge in [0.05, 0.1) is 12.5 Å². The molecule has 0 spiro atoms. The van der Waals surface area contributed by atoms with Crippen LogP contribution in [0.5, 0.6) is 11.5 Å². The van der Waals surface area contributed by atoms with Crippen molar-refractivity contribution in [1.29, 1.82) is 0 Å². The number of halogens is 1. The Morgan fingerprint density at radius 3 is 2.48 bits per heavy atom. The van der Waals surface area contributed by atoms with Gasteiger partial charge in [-0.1, -0.05) is 60.1 Å². The molecule has 6 heteroatoms. The van der Waals surface area contributed by atoms with Crippen molar-refractivity contribution in [3.05, 3.63) is 94.5 Å². The Labute approximate surface area is 199 Å². The summed E-state index contributed by atoms with van der Waals surface area (Å²) in [4.78, 5) is 13.4. The van der Waals surface area contributed by atoms with Crippen LogP contribution in [0.1, 0.15) is 29.5 Å². The fourth-order valence-corrected chi connectivity index (χ4v) is 4.37. The Morgan fingerprint density at radius 1 is 0.970 bits per heavy atom. The number of carbonyl (C=O) groups is 1. The van der Waals surface area contributed by atoms with Gasteiger partial charge >= 0.3 is 0 Å². The standard InChI is InChI=1S/C27H28ClNO4/c1-31-25-16-21(10-11-24(25)33-19-20-6-3-2-4-7-20)18-29-26(30)27(12-14-32-15-13-27)22-8-5-9-23(28)17-22/h2-11,16-17H,12-15,18-19H2,1H3,(H,29,30). The second kappa shape index (κ2) is 10.7. The Bertz CT molecular complexity index is 1080. The average molecular weight is 466 g/mol. The molecule has 1 fully saturated rings. The number of hydrogen-bond acceptors (Lipinski definition) is 4. The topological polar surface area (TPSA) is 56.8 Å². The van der Waals surface area contributed by atoms with Crippen LogP contribution in [0.2, 0.25) is 5.02 Å². The van der Waals surface area contributed by atoms with Gasteiger partial charge < -0.3 is 19.5 Å². The Hall–Kier alpha value is -3.02.